The van der Waals surface area contributed by atoms with Gasteiger partial charge in [-0.2, -0.15) is 5.10 Å². The van der Waals surface area contributed by atoms with Crippen molar-refractivity contribution in [3.05, 3.63) is 59.7 Å². The van der Waals surface area contributed by atoms with Crippen molar-refractivity contribution < 1.29 is 13.6 Å². The van der Waals surface area contributed by atoms with E-state index in [-0.39, 0.29) is 17.0 Å². The van der Waals surface area contributed by atoms with Crippen molar-refractivity contribution >= 4 is 5.78 Å². The number of fused-ring (bicyclic) bond motifs is 1. The summed E-state index contributed by atoms with van der Waals surface area (Å²) in [5, 5.41) is 4.67. The Morgan fingerprint density at radius 3 is 2.58 bits per heavy atom. The highest BCUT2D eigenvalue weighted by Gasteiger charge is 2.37. The number of carbonyl (C=O) groups is 1. The third kappa shape index (κ3) is 2.37. The van der Waals surface area contributed by atoms with E-state index < -0.39 is 0 Å². The Labute approximate surface area is 138 Å². The van der Waals surface area contributed by atoms with Crippen LogP contribution in [0.1, 0.15) is 36.3 Å². The summed E-state index contributed by atoms with van der Waals surface area (Å²) in [7, 11) is 0. The van der Waals surface area contributed by atoms with Crippen LogP contribution >= 0.6 is 0 Å². The minimum absolute atomic E-state index is 0.0704. The van der Waals surface area contributed by atoms with Crippen molar-refractivity contribution in [3.8, 4) is 17.1 Å². The molecule has 0 N–H and O–H groups in total. The van der Waals surface area contributed by atoms with E-state index >= 15 is 0 Å². The van der Waals surface area contributed by atoms with Crippen molar-refractivity contribution in [1.29, 1.82) is 0 Å². The number of nitrogens with zero attached hydrogens (tertiary/aromatic N) is 2. The van der Waals surface area contributed by atoms with Crippen LogP contribution in [0, 0.1) is 11.2 Å². The third-order valence-corrected chi connectivity index (χ3v) is 4.35. The molecule has 4 nitrogen and oxygen atoms in total. The van der Waals surface area contributed by atoms with Gasteiger partial charge in [-0.25, -0.2) is 9.07 Å². The number of ketones is 1. The van der Waals surface area contributed by atoms with E-state index in [4.69, 9.17) is 4.42 Å². The highest BCUT2D eigenvalue weighted by atomic mass is 19.1. The summed E-state index contributed by atoms with van der Waals surface area (Å²) in [4.78, 5) is 12.8. The number of aromatic nitrogens is 2. The Morgan fingerprint density at radius 1 is 1.17 bits per heavy atom. The Balaban J connectivity index is 1.97. The lowest BCUT2D eigenvalue weighted by molar-refractivity contribution is 0.0912. The summed E-state index contributed by atoms with van der Waals surface area (Å²) in [6, 6.07) is 9.65. The first-order valence-corrected chi connectivity index (χ1v) is 7.89. The Kier molecular flexibility index (Phi) is 3.20. The maximum absolute atomic E-state index is 13.3. The standard InChI is InChI=1S/C19H17FN2O2/c1-19(2)10-14-17(15(23)11-19)18(16-4-3-9-24-16)22(21-14)13-7-5-12(20)6-8-13/h3-9H,10-11H2,1-2H3. The number of Topliss-reactive ketones (excluding diaryl/α,β-unsaturated/α-hetero) is 1. The topological polar surface area (TPSA) is 48.0 Å². The van der Waals surface area contributed by atoms with E-state index in [1.54, 1.807) is 29.1 Å². The van der Waals surface area contributed by atoms with E-state index in [9.17, 15) is 9.18 Å². The van der Waals surface area contributed by atoms with Gasteiger partial charge in [0.25, 0.3) is 0 Å². The summed E-state index contributed by atoms with van der Waals surface area (Å²) in [5.41, 5.74) is 2.61. The zero-order valence-electron chi connectivity index (χ0n) is 13.5. The number of carbonyl (C=O) groups excluding carboxylic acids is 1. The van der Waals surface area contributed by atoms with Crippen molar-refractivity contribution in [2.75, 3.05) is 0 Å². The quantitative estimate of drug-likeness (QED) is 0.701. The lowest BCUT2D eigenvalue weighted by atomic mass is 9.75. The van der Waals surface area contributed by atoms with Crippen molar-refractivity contribution in [2.24, 2.45) is 5.41 Å². The fourth-order valence-electron chi connectivity index (χ4n) is 3.33. The fourth-order valence-corrected chi connectivity index (χ4v) is 3.33. The van der Waals surface area contributed by atoms with E-state index in [1.807, 2.05) is 6.07 Å². The van der Waals surface area contributed by atoms with Crippen LogP contribution in [0.4, 0.5) is 4.39 Å². The van der Waals surface area contributed by atoms with Crippen LogP contribution in [0.15, 0.2) is 47.1 Å². The van der Waals surface area contributed by atoms with Gasteiger partial charge in [-0.05, 0) is 48.2 Å². The molecule has 24 heavy (non-hydrogen) atoms. The highest BCUT2D eigenvalue weighted by molar-refractivity contribution is 6.03. The van der Waals surface area contributed by atoms with Crippen LogP contribution in [0.3, 0.4) is 0 Å². The van der Waals surface area contributed by atoms with Gasteiger partial charge in [0.1, 0.15) is 11.5 Å². The molecule has 2 aromatic heterocycles. The minimum atomic E-state index is -0.313. The van der Waals surface area contributed by atoms with Gasteiger partial charge in [0.2, 0.25) is 0 Å². The van der Waals surface area contributed by atoms with Crippen LogP contribution in [-0.2, 0) is 6.42 Å². The Morgan fingerprint density at radius 2 is 1.92 bits per heavy atom. The average molecular weight is 324 g/mol. The van der Waals surface area contributed by atoms with Gasteiger partial charge in [-0.15, -0.1) is 0 Å². The molecule has 122 valence electrons. The molecule has 4 rings (SSSR count). The summed E-state index contributed by atoms with van der Waals surface area (Å²) < 4.78 is 20.5. The fraction of sp³-hybridized carbons (Fsp3) is 0.263. The molecule has 0 aliphatic heterocycles. The largest absolute Gasteiger partial charge is 0.463 e. The number of rotatable bonds is 2. The molecule has 1 aliphatic carbocycles. The van der Waals surface area contributed by atoms with Crippen molar-refractivity contribution in [1.82, 2.24) is 9.78 Å². The smallest absolute Gasteiger partial charge is 0.167 e. The number of halogens is 1. The molecule has 0 radical (unpaired) electrons. The second kappa shape index (κ2) is 5.16. The van der Waals surface area contributed by atoms with Gasteiger partial charge in [0.15, 0.2) is 11.5 Å². The van der Waals surface area contributed by atoms with Gasteiger partial charge in [-0.3, -0.25) is 4.79 Å². The molecule has 0 unspecified atom stereocenters. The van der Waals surface area contributed by atoms with E-state index in [1.165, 1.54) is 12.1 Å². The first-order chi connectivity index (χ1) is 11.4. The summed E-state index contributed by atoms with van der Waals surface area (Å²) in [6.07, 6.45) is 2.76. The molecule has 0 saturated heterocycles. The van der Waals surface area contributed by atoms with Crippen LogP contribution < -0.4 is 0 Å². The molecule has 2 heterocycles. The van der Waals surface area contributed by atoms with Crippen LogP contribution in [0.5, 0.6) is 0 Å². The first kappa shape index (κ1) is 14.9. The predicted octanol–water partition coefficient (Wildman–Crippen LogP) is 4.43. The zero-order valence-corrected chi connectivity index (χ0v) is 13.5. The van der Waals surface area contributed by atoms with Crippen LogP contribution in [0.25, 0.3) is 17.1 Å². The molecule has 0 bridgehead atoms. The van der Waals surface area contributed by atoms with Crippen molar-refractivity contribution in [2.45, 2.75) is 26.7 Å². The second-order valence-electron chi connectivity index (χ2n) is 6.98. The third-order valence-electron chi connectivity index (χ3n) is 4.35. The zero-order chi connectivity index (χ0) is 16.9. The lowest BCUT2D eigenvalue weighted by Crippen LogP contribution is -2.26. The van der Waals surface area contributed by atoms with E-state index in [0.717, 1.165) is 12.1 Å². The van der Waals surface area contributed by atoms with Gasteiger partial charge < -0.3 is 4.42 Å². The molecule has 3 aromatic rings. The second-order valence-corrected chi connectivity index (χ2v) is 6.98. The lowest BCUT2D eigenvalue weighted by Gasteiger charge is -2.27. The first-order valence-electron chi connectivity index (χ1n) is 7.89. The summed E-state index contributed by atoms with van der Waals surface area (Å²) >= 11 is 0. The van der Waals surface area contributed by atoms with E-state index in [0.29, 0.717) is 29.1 Å². The molecular formula is C19H17FN2O2. The Bertz CT molecular complexity index is 906. The normalized spacial score (nSPS) is 16.2. The average Bonchev–Trinajstić information content (AvgIpc) is 3.13. The maximum Gasteiger partial charge on any atom is 0.167 e. The molecule has 5 heteroatoms. The van der Waals surface area contributed by atoms with Gasteiger partial charge in [0.05, 0.1) is 23.2 Å². The van der Waals surface area contributed by atoms with Gasteiger partial charge >= 0.3 is 0 Å². The number of hydrogen-bond acceptors (Lipinski definition) is 3. The molecule has 0 saturated carbocycles. The SMILES string of the molecule is CC1(C)CC(=O)c2c(nn(-c3ccc(F)cc3)c2-c2ccco2)C1. The number of furan rings is 1. The molecular weight excluding hydrogens is 307 g/mol. The summed E-state index contributed by atoms with van der Waals surface area (Å²) in [5.74, 6) is 0.342. The molecule has 0 atom stereocenters. The molecule has 0 amide bonds. The molecule has 1 aromatic carbocycles. The summed E-state index contributed by atoms with van der Waals surface area (Å²) in [6.45, 7) is 4.13. The highest BCUT2D eigenvalue weighted by Crippen LogP contribution is 2.39. The molecule has 0 spiro atoms. The van der Waals surface area contributed by atoms with Crippen LogP contribution in [0.2, 0.25) is 0 Å². The minimum Gasteiger partial charge on any atom is -0.463 e. The van der Waals surface area contributed by atoms with Crippen molar-refractivity contribution in [3.63, 3.8) is 0 Å². The van der Waals surface area contributed by atoms with E-state index in [2.05, 4.69) is 18.9 Å². The van der Waals surface area contributed by atoms with Crippen LogP contribution in [-0.4, -0.2) is 15.6 Å². The molecule has 1 aliphatic rings. The molecule has 0 fully saturated rings. The number of hydrogen-bond donors (Lipinski definition) is 0. The monoisotopic (exact) mass is 324 g/mol. The van der Waals surface area contributed by atoms with Gasteiger partial charge in [0, 0.05) is 6.42 Å². The predicted molar refractivity (Wildman–Crippen MR) is 87.7 cm³/mol. The number of benzene rings is 1. The Hall–Kier alpha value is -2.69. The maximum atomic E-state index is 13.3. The van der Waals surface area contributed by atoms with Gasteiger partial charge in [-0.1, -0.05) is 13.8 Å².